The first-order valence-corrected chi connectivity index (χ1v) is 9.63. The van der Waals surface area contributed by atoms with E-state index in [-0.39, 0.29) is 10.5 Å². The first-order chi connectivity index (χ1) is 13.5. The molecule has 0 aliphatic rings. The standard InChI is InChI=1S/C19H16N4O4S/c24-18(14-4-2-1-3-5-14)21-22-19(25)15-6-8-17(9-7-15)28(26,27)23-16-10-12-20-13-11-16/h1-13H,(H,20,23)(H,21,24)(H,22,25). The molecule has 3 rings (SSSR count). The second kappa shape index (κ2) is 8.31. The zero-order valence-electron chi connectivity index (χ0n) is 14.5. The van der Waals surface area contributed by atoms with Gasteiger partial charge < -0.3 is 0 Å². The molecule has 0 spiro atoms. The molecule has 0 unspecified atom stereocenters. The second-order valence-corrected chi connectivity index (χ2v) is 7.32. The molecule has 0 aliphatic heterocycles. The van der Waals surface area contributed by atoms with Gasteiger partial charge in [-0.2, -0.15) is 0 Å². The number of nitrogens with zero attached hydrogens (tertiary/aromatic N) is 1. The highest BCUT2D eigenvalue weighted by atomic mass is 32.2. The van der Waals surface area contributed by atoms with Crippen molar-refractivity contribution in [2.24, 2.45) is 0 Å². The van der Waals surface area contributed by atoms with Crippen molar-refractivity contribution in [1.29, 1.82) is 0 Å². The van der Waals surface area contributed by atoms with Crippen molar-refractivity contribution < 1.29 is 18.0 Å². The zero-order valence-corrected chi connectivity index (χ0v) is 15.3. The Morgan fingerprint density at radius 1 is 0.714 bits per heavy atom. The normalized spacial score (nSPS) is 10.7. The van der Waals surface area contributed by atoms with Gasteiger partial charge in [0.05, 0.1) is 10.6 Å². The van der Waals surface area contributed by atoms with Crippen molar-refractivity contribution in [2.75, 3.05) is 4.72 Å². The van der Waals surface area contributed by atoms with E-state index in [0.717, 1.165) is 0 Å². The number of pyridine rings is 1. The van der Waals surface area contributed by atoms with E-state index < -0.39 is 21.8 Å². The van der Waals surface area contributed by atoms with E-state index in [1.165, 1.54) is 48.8 Å². The Kier molecular flexibility index (Phi) is 5.66. The molecule has 0 saturated heterocycles. The van der Waals surface area contributed by atoms with Crippen molar-refractivity contribution in [2.45, 2.75) is 4.90 Å². The van der Waals surface area contributed by atoms with Crippen LogP contribution in [0.2, 0.25) is 0 Å². The van der Waals surface area contributed by atoms with E-state index in [2.05, 4.69) is 20.6 Å². The van der Waals surface area contributed by atoms with E-state index in [0.29, 0.717) is 11.3 Å². The highest BCUT2D eigenvalue weighted by Gasteiger charge is 2.15. The van der Waals surface area contributed by atoms with Crippen LogP contribution in [-0.2, 0) is 10.0 Å². The van der Waals surface area contributed by atoms with Crippen LogP contribution in [0, 0.1) is 0 Å². The summed E-state index contributed by atoms with van der Waals surface area (Å²) in [6.45, 7) is 0. The summed E-state index contributed by atoms with van der Waals surface area (Å²) < 4.78 is 27.1. The Labute approximate surface area is 161 Å². The summed E-state index contributed by atoms with van der Waals surface area (Å²) in [6, 6.07) is 16.8. The van der Waals surface area contributed by atoms with Crippen LogP contribution < -0.4 is 15.6 Å². The van der Waals surface area contributed by atoms with E-state index >= 15 is 0 Å². The number of hydrazine groups is 1. The lowest BCUT2D eigenvalue weighted by Gasteiger charge is -2.09. The first kappa shape index (κ1) is 19.1. The molecule has 0 aliphatic carbocycles. The number of hydrogen-bond acceptors (Lipinski definition) is 5. The number of carbonyl (C=O) groups excluding carboxylic acids is 2. The Bertz CT molecular complexity index is 1070. The van der Waals surface area contributed by atoms with Gasteiger partial charge >= 0.3 is 0 Å². The molecule has 0 radical (unpaired) electrons. The monoisotopic (exact) mass is 396 g/mol. The van der Waals surface area contributed by atoms with Gasteiger partial charge in [0, 0.05) is 23.5 Å². The largest absolute Gasteiger partial charge is 0.280 e. The highest BCUT2D eigenvalue weighted by Crippen LogP contribution is 2.15. The Morgan fingerprint density at radius 2 is 1.25 bits per heavy atom. The molecule has 3 N–H and O–H groups in total. The van der Waals surface area contributed by atoms with Crippen LogP contribution in [0.15, 0.2) is 84.0 Å². The highest BCUT2D eigenvalue weighted by molar-refractivity contribution is 7.92. The van der Waals surface area contributed by atoms with Crippen LogP contribution in [0.25, 0.3) is 0 Å². The Morgan fingerprint density at radius 3 is 1.82 bits per heavy atom. The number of benzene rings is 2. The van der Waals surface area contributed by atoms with Crippen LogP contribution in [0.1, 0.15) is 20.7 Å². The fraction of sp³-hybridized carbons (Fsp3) is 0. The van der Waals surface area contributed by atoms with Crippen LogP contribution in [0.4, 0.5) is 5.69 Å². The number of hydrogen-bond donors (Lipinski definition) is 3. The third kappa shape index (κ3) is 4.71. The lowest BCUT2D eigenvalue weighted by molar-refractivity contribution is 0.0846. The number of carbonyl (C=O) groups is 2. The molecule has 0 bridgehead atoms. The minimum Gasteiger partial charge on any atom is -0.280 e. The first-order valence-electron chi connectivity index (χ1n) is 8.14. The second-order valence-electron chi connectivity index (χ2n) is 5.64. The summed E-state index contributed by atoms with van der Waals surface area (Å²) in [4.78, 5) is 27.9. The molecule has 0 saturated carbocycles. The van der Waals surface area contributed by atoms with E-state index in [4.69, 9.17) is 0 Å². The Balaban J connectivity index is 1.63. The van der Waals surface area contributed by atoms with E-state index in [9.17, 15) is 18.0 Å². The van der Waals surface area contributed by atoms with Crippen LogP contribution in [0.3, 0.4) is 0 Å². The van der Waals surface area contributed by atoms with Gasteiger partial charge in [0.2, 0.25) is 0 Å². The number of nitrogens with one attached hydrogen (secondary N) is 3. The number of sulfonamides is 1. The molecule has 0 atom stereocenters. The number of anilines is 1. The fourth-order valence-electron chi connectivity index (χ4n) is 2.27. The predicted octanol–water partition coefficient (Wildman–Crippen LogP) is 1.96. The van der Waals surface area contributed by atoms with Crippen molar-refractivity contribution in [3.05, 3.63) is 90.3 Å². The van der Waals surface area contributed by atoms with Crippen LogP contribution in [0.5, 0.6) is 0 Å². The molecule has 2 amide bonds. The third-order valence-corrected chi connectivity index (χ3v) is 5.08. The van der Waals surface area contributed by atoms with Crippen molar-refractivity contribution >= 4 is 27.5 Å². The van der Waals surface area contributed by atoms with Gasteiger partial charge in [0.15, 0.2) is 0 Å². The molecule has 2 aromatic carbocycles. The fourth-order valence-corrected chi connectivity index (χ4v) is 3.33. The maximum Gasteiger partial charge on any atom is 0.269 e. The molecule has 1 heterocycles. The minimum absolute atomic E-state index is 0.00539. The average Bonchev–Trinajstić information content (AvgIpc) is 2.73. The zero-order chi connectivity index (χ0) is 20.0. The van der Waals surface area contributed by atoms with Crippen molar-refractivity contribution in [1.82, 2.24) is 15.8 Å². The van der Waals surface area contributed by atoms with Gasteiger partial charge in [-0.1, -0.05) is 18.2 Å². The molecule has 3 aromatic rings. The molecule has 142 valence electrons. The molecule has 1 aromatic heterocycles. The van der Waals surface area contributed by atoms with Gasteiger partial charge in [-0.05, 0) is 48.5 Å². The van der Waals surface area contributed by atoms with E-state index in [1.807, 2.05) is 0 Å². The number of rotatable bonds is 5. The quantitative estimate of drug-likeness (QED) is 0.570. The summed E-state index contributed by atoms with van der Waals surface area (Å²) in [5.74, 6) is -1.04. The molecule has 0 fully saturated rings. The topological polar surface area (TPSA) is 117 Å². The van der Waals surface area contributed by atoms with Crippen LogP contribution in [-0.4, -0.2) is 25.2 Å². The summed E-state index contributed by atoms with van der Waals surface area (Å²) in [6.07, 6.45) is 2.93. The third-order valence-electron chi connectivity index (χ3n) is 3.68. The van der Waals surface area contributed by atoms with Gasteiger partial charge in [0.25, 0.3) is 21.8 Å². The summed E-state index contributed by atoms with van der Waals surface area (Å²) in [5.41, 5.74) is 5.55. The van der Waals surface area contributed by atoms with Crippen molar-refractivity contribution in [3.8, 4) is 0 Å². The van der Waals surface area contributed by atoms with Gasteiger partial charge in [0.1, 0.15) is 0 Å². The maximum atomic E-state index is 12.4. The lowest BCUT2D eigenvalue weighted by atomic mass is 10.2. The SMILES string of the molecule is O=C(NNC(=O)c1ccc(S(=O)(=O)Nc2ccncc2)cc1)c1ccccc1. The van der Waals surface area contributed by atoms with Gasteiger partial charge in [-0.3, -0.25) is 30.1 Å². The lowest BCUT2D eigenvalue weighted by Crippen LogP contribution is -2.41. The van der Waals surface area contributed by atoms with Crippen LogP contribution >= 0.6 is 0 Å². The smallest absolute Gasteiger partial charge is 0.269 e. The molecule has 9 heteroatoms. The summed E-state index contributed by atoms with van der Waals surface area (Å²) >= 11 is 0. The number of amides is 2. The Hall–Kier alpha value is -3.72. The maximum absolute atomic E-state index is 12.4. The minimum atomic E-state index is -3.80. The molecular weight excluding hydrogens is 380 g/mol. The molecule has 8 nitrogen and oxygen atoms in total. The summed E-state index contributed by atoms with van der Waals surface area (Å²) in [5, 5.41) is 0. The van der Waals surface area contributed by atoms with E-state index in [1.54, 1.807) is 30.3 Å². The predicted molar refractivity (Wildman–Crippen MR) is 103 cm³/mol. The average molecular weight is 396 g/mol. The molecular formula is C19H16N4O4S. The summed E-state index contributed by atoms with van der Waals surface area (Å²) in [7, 11) is -3.80. The number of aromatic nitrogens is 1. The van der Waals surface area contributed by atoms with Gasteiger partial charge in [-0.15, -0.1) is 0 Å². The molecule has 28 heavy (non-hydrogen) atoms. The van der Waals surface area contributed by atoms with Gasteiger partial charge in [-0.25, -0.2) is 8.42 Å². The van der Waals surface area contributed by atoms with Crippen molar-refractivity contribution in [3.63, 3.8) is 0 Å².